The Labute approximate surface area is 242 Å². The Bertz CT molecular complexity index is 977. The molecular formula is C29H45N3O9. The van der Waals surface area contributed by atoms with Crippen molar-refractivity contribution in [2.75, 3.05) is 39.4 Å². The summed E-state index contributed by atoms with van der Waals surface area (Å²) < 4.78 is 36.3. The molecule has 1 unspecified atom stereocenters. The first-order valence-corrected chi connectivity index (χ1v) is 14.4. The fraction of sp³-hybridized carbons (Fsp3) is 0.690. The molecule has 0 bridgehead atoms. The predicted octanol–water partition coefficient (Wildman–Crippen LogP) is 4.22. The maximum absolute atomic E-state index is 13.3. The third-order valence-corrected chi connectivity index (χ3v) is 7.05. The van der Waals surface area contributed by atoms with Crippen LogP contribution in [0.5, 0.6) is 0 Å². The number of carbonyl (C=O) groups is 3. The van der Waals surface area contributed by atoms with E-state index in [1.54, 1.807) is 41.5 Å². The Hall–Kier alpha value is -2.77. The zero-order chi connectivity index (χ0) is 30.2. The zero-order valence-corrected chi connectivity index (χ0v) is 25.2. The molecule has 0 aromatic heterocycles. The molecule has 41 heavy (non-hydrogen) atoms. The summed E-state index contributed by atoms with van der Waals surface area (Å²) in [5.41, 5.74) is 0.976. The lowest BCUT2D eigenvalue weighted by atomic mass is 9.99. The topological polar surface area (TPSA) is 116 Å². The molecule has 2 saturated heterocycles. The van der Waals surface area contributed by atoms with E-state index >= 15 is 0 Å². The average molecular weight is 580 g/mol. The lowest BCUT2D eigenvalue weighted by Gasteiger charge is -2.41. The smallest absolute Gasteiger partial charge is 0.426 e. The number of fused-ring (bicyclic) bond motifs is 1. The minimum Gasteiger partial charge on any atom is -0.446 e. The Morgan fingerprint density at radius 2 is 1.39 bits per heavy atom. The number of rotatable bonds is 11. The van der Waals surface area contributed by atoms with Gasteiger partial charge in [-0.3, -0.25) is 0 Å². The summed E-state index contributed by atoms with van der Waals surface area (Å²) in [4.78, 5) is 43.0. The fourth-order valence-electron chi connectivity index (χ4n) is 4.94. The van der Waals surface area contributed by atoms with Gasteiger partial charge in [0.05, 0.1) is 6.61 Å². The second-order valence-corrected chi connectivity index (χ2v) is 10.1. The molecule has 2 aliphatic heterocycles. The van der Waals surface area contributed by atoms with Gasteiger partial charge in [0.15, 0.2) is 12.1 Å². The van der Waals surface area contributed by atoms with Gasteiger partial charge in [0.1, 0.15) is 31.0 Å². The summed E-state index contributed by atoms with van der Waals surface area (Å²) >= 11 is 0. The van der Waals surface area contributed by atoms with Crippen molar-refractivity contribution in [3.05, 3.63) is 35.9 Å². The van der Waals surface area contributed by atoms with Crippen molar-refractivity contribution in [3.63, 3.8) is 0 Å². The minimum absolute atomic E-state index is 0.304. The highest BCUT2D eigenvalue weighted by Crippen LogP contribution is 2.39. The molecule has 0 N–H and O–H groups in total. The fourth-order valence-corrected chi connectivity index (χ4v) is 4.94. The number of imide groups is 3. The maximum Gasteiger partial charge on any atom is 0.426 e. The van der Waals surface area contributed by atoms with Crippen LogP contribution in [0.4, 0.5) is 14.4 Å². The van der Waals surface area contributed by atoms with Gasteiger partial charge in [-0.1, -0.05) is 30.3 Å². The van der Waals surface area contributed by atoms with Crippen molar-refractivity contribution >= 4 is 18.2 Å². The second-order valence-electron chi connectivity index (χ2n) is 10.1. The van der Waals surface area contributed by atoms with Crippen LogP contribution in [0.15, 0.2) is 30.3 Å². The highest BCUT2D eigenvalue weighted by Gasteiger charge is 2.56. The highest BCUT2D eigenvalue weighted by atomic mass is 16.8. The number of hydrogen-bond acceptors (Lipinski definition) is 9. The lowest BCUT2D eigenvalue weighted by molar-refractivity contribution is -0.292. The SMILES string of the molecule is CCOC1O[C@H](COC(=O)N(C(=O)N(CC)CC)C(=O)N(CC)CC)[C@@H]2OC(C)(C)O[C@@H]2[C@H]1OCc1ccccc1. The van der Waals surface area contributed by atoms with Gasteiger partial charge >= 0.3 is 18.2 Å². The van der Waals surface area contributed by atoms with E-state index in [2.05, 4.69) is 0 Å². The van der Waals surface area contributed by atoms with Crippen LogP contribution in [0, 0.1) is 0 Å². The third kappa shape index (κ3) is 7.95. The molecule has 2 heterocycles. The molecule has 3 rings (SSSR count). The second kappa shape index (κ2) is 14.9. The standard InChI is InChI=1S/C29H45N3O9/c1-8-30(9-2)26(33)32(27(34)31(10-3)11-4)28(35)38-19-21-22-23(41-29(6,7)40-22)24(25(39-21)36-12-5)37-18-20-16-14-13-15-17-20/h13-17,21-25H,8-12,18-19H2,1-7H3/t21-,22+,23+,24-,25?/m1/s1. The first-order valence-electron chi connectivity index (χ1n) is 14.4. The van der Waals surface area contributed by atoms with Gasteiger partial charge in [0, 0.05) is 32.8 Å². The summed E-state index contributed by atoms with van der Waals surface area (Å²) in [5.74, 6) is -0.958. The number of amides is 5. The van der Waals surface area contributed by atoms with Gasteiger partial charge in [-0.15, -0.1) is 4.90 Å². The molecule has 2 aliphatic rings. The van der Waals surface area contributed by atoms with E-state index in [1.807, 2.05) is 37.3 Å². The number of benzene rings is 1. The van der Waals surface area contributed by atoms with Crippen LogP contribution < -0.4 is 0 Å². The van der Waals surface area contributed by atoms with Crippen molar-refractivity contribution < 1.29 is 42.8 Å². The Morgan fingerprint density at radius 1 is 0.829 bits per heavy atom. The van der Waals surface area contributed by atoms with Crippen molar-refractivity contribution in [3.8, 4) is 0 Å². The zero-order valence-electron chi connectivity index (χ0n) is 25.2. The summed E-state index contributed by atoms with van der Waals surface area (Å²) in [5, 5.41) is 0. The van der Waals surface area contributed by atoms with Crippen molar-refractivity contribution in [1.82, 2.24) is 14.7 Å². The van der Waals surface area contributed by atoms with Gasteiger partial charge in [-0.25, -0.2) is 14.4 Å². The molecule has 1 aromatic carbocycles. The first kappa shape index (κ1) is 32.7. The summed E-state index contributed by atoms with van der Waals surface area (Å²) in [6, 6.07) is 8.22. The van der Waals surface area contributed by atoms with Crippen molar-refractivity contribution in [1.29, 1.82) is 0 Å². The van der Waals surface area contributed by atoms with E-state index in [-0.39, 0.29) is 6.61 Å². The van der Waals surface area contributed by atoms with E-state index < -0.39 is 54.6 Å². The molecule has 0 saturated carbocycles. The van der Waals surface area contributed by atoms with Crippen LogP contribution in [0.1, 0.15) is 54.0 Å². The van der Waals surface area contributed by atoms with Crippen LogP contribution in [-0.4, -0.2) is 109 Å². The van der Waals surface area contributed by atoms with Crippen LogP contribution in [0.25, 0.3) is 0 Å². The van der Waals surface area contributed by atoms with Crippen LogP contribution >= 0.6 is 0 Å². The largest absolute Gasteiger partial charge is 0.446 e. The maximum atomic E-state index is 13.3. The van der Waals surface area contributed by atoms with Crippen LogP contribution in [0.2, 0.25) is 0 Å². The van der Waals surface area contributed by atoms with Gasteiger partial charge in [0.2, 0.25) is 0 Å². The van der Waals surface area contributed by atoms with Crippen LogP contribution in [0.3, 0.4) is 0 Å². The van der Waals surface area contributed by atoms with Gasteiger partial charge in [-0.2, -0.15) is 0 Å². The van der Waals surface area contributed by atoms with E-state index in [9.17, 15) is 14.4 Å². The van der Waals surface area contributed by atoms with Crippen molar-refractivity contribution in [2.24, 2.45) is 0 Å². The first-order chi connectivity index (χ1) is 19.6. The number of nitrogens with zero attached hydrogens (tertiary/aromatic N) is 3. The quantitative estimate of drug-likeness (QED) is 0.380. The third-order valence-electron chi connectivity index (χ3n) is 7.05. The number of urea groups is 2. The van der Waals surface area contributed by atoms with Gasteiger partial charge in [0.25, 0.3) is 0 Å². The molecule has 12 nitrogen and oxygen atoms in total. The molecule has 230 valence electrons. The Kier molecular flexibility index (Phi) is 11.9. The summed E-state index contributed by atoms with van der Waals surface area (Å²) in [6.45, 7) is 14.1. The lowest BCUT2D eigenvalue weighted by Crippen LogP contribution is -2.59. The van der Waals surface area contributed by atoms with E-state index in [1.165, 1.54) is 9.80 Å². The van der Waals surface area contributed by atoms with Gasteiger partial charge < -0.3 is 38.2 Å². The Morgan fingerprint density at radius 3 is 1.93 bits per heavy atom. The number of ether oxygens (including phenoxy) is 6. The number of carbonyl (C=O) groups excluding carboxylic acids is 3. The molecule has 0 radical (unpaired) electrons. The van der Waals surface area contributed by atoms with E-state index in [0.29, 0.717) is 44.3 Å². The molecular weight excluding hydrogens is 534 g/mol. The number of hydrogen-bond donors (Lipinski definition) is 0. The average Bonchev–Trinajstić information content (AvgIpc) is 3.28. The monoisotopic (exact) mass is 579 g/mol. The molecule has 0 spiro atoms. The molecule has 5 amide bonds. The predicted molar refractivity (Wildman–Crippen MR) is 149 cm³/mol. The molecule has 1 aromatic rings. The minimum atomic E-state index is -1.09. The molecule has 12 heteroatoms. The molecule has 2 fully saturated rings. The molecule has 0 aliphatic carbocycles. The van der Waals surface area contributed by atoms with Crippen LogP contribution in [-0.2, 0) is 35.0 Å². The van der Waals surface area contributed by atoms with E-state index in [4.69, 9.17) is 28.4 Å². The summed E-state index contributed by atoms with van der Waals surface area (Å²) in [6.07, 6.45) is -4.62. The van der Waals surface area contributed by atoms with Gasteiger partial charge in [-0.05, 0) is 54.0 Å². The van der Waals surface area contributed by atoms with Crippen molar-refractivity contribution in [2.45, 2.75) is 91.6 Å². The molecule has 5 atom stereocenters. The normalized spacial score (nSPS) is 24.8. The Balaban J connectivity index is 1.80. The van der Waals surface area contributed by atoms with E-state index in [0.717, 1.165) is 5.56 Å². The summed E-state index contributed by atoms with van der Waals surface area (Å²) in [7, 11) is 0. The highest BCUT2D eigenvalue weighted by molar-refractivity contribution is 6.07.